The molecule has 1 heterocycles. The van der Waals surface area contributed by atoms with Crippen LogP contribution in [0.1, 0.15) is 0 Å². The third kappa shape index (κ3) is 2.58. The van der Waals surface area contributed by atoms with Crippen molar-refractivity contribution in [3.63, 3.8) is 0 Å². The first-order chi connectivity index (χ1) is 5.52. The lowest BCUT2D eigenvalue weighted by Crippen LogP contribution is -2.34. The molecule has 0 N–H and O–H groups in total. The first-order valence-corrected chi connectivity index (χ1v) is 5.89. The van der Waals surface area contributed by atoms with Crippen molar-refractivity contribution in [2.45, 2.75) is 10.6 Å². The second-order valence-corrected chi connectivity index (χ2v) is 5.57. The Morgan fingerprint density at radius 3 is 2.50 bits per heavy atom. The highest BCUT2D eigenvalue weighted by atomic mass is 35.5. The highest BCUT2D eigenvalue weighted by molar-refractivity contribution is 7.91. The van der Waals surface area contributed by atoms with Gasteiger partial charge in [0.2, 0.25) is 0 Å². The Balaban J connectivity index is 2.72. The molecule has 1 fully saturated rings. The van der Waals surface area contributed by atoms with Crippen LogP contribution in [0.4, 0.5) is 0 Å². The van der Waals surface area contributed by atoms with E-state index in [0.717, 1.165) is 6.26 Å². The Labute approximate surface area is 76.7 Å². The summed E-state index contributed by atoms with van der Waals surface area (Å²) < 4.78 is 32.1. The maximum absolute atomic E-state index is 11.1. The minimum absolute atomic E-state index is 0.118. The lowest BCUT2D eigenvalue weighted by Gasteiger charge is -2.15. The first-order valence-electron chi connectivity index (χ1n) is 3.50. The van der Waals surface area contributed by atoms with Gasteiger partial charge >= 0.3 is 0 Å². The van der Waals surface area contributed by atoms with Gasteiger partial charge in [0.1, 0.15) is 12.0 Å². The van der Waals surface area contributed by atoms with E-state index in [2.05, 4.69) is 0 Å². The molecule has 72 valence electrons. The summed E-state index contributed by atoms with van der Waals surface area (Å²) in [4.78, 5) is 0. The molecule has 0 saturated carbocycles. The third-order valence-corrected chi connectivity index (χ3v) is 3.82. The molecule has 0 radical (unpaired) electrons. The van der Waals surface area contributed by atoms with Crippen LogP contribution in [0.25, 0.3) is 0 Å². The molecule has 0 aromatic carbocycles. The maximum atomic E-state index is 11.1. The SMILES string of the molecule is CS(=O)(=O)C1COCOCC1Cl. The van der Waals surface area contributed by atoms with Crippen LogP contribution in [-0.2, 0) is 19.3 Å². The highest BCUT2D eigenvalue weighted by Crippen LogP contribution is 2.15. The van der Waals surface area contributed by atoms with E-state index in [4.69, 9.17) is 21.1 Å². The molecular formula is C6H11ClO4S. The lowest BCUT2D eigenvalue weighted by molar-refractivity contribution is -0.0313. The van der Waals surface area contributed by atoms with Gasteiger partial charge in [-0.1, -0.05) is 0 Å². The van der Waals surface area contributed by atoms with E-state index in [1.807, 2.05) is 0 Å². The minimum atomic E-state index is -3.14. The molecule has 1 rings (SSSR count). The summed E-state index contributed by atoms with van der Waals surface area (Å²) in [5.41, 5.74) is 0. The van der Waals surface area contributed by atoms with Crippen molar-refractivity contribution in [1.29, 1.82) is 0 Å². The van der Waals surface area contributed by atoms with Crippen LogP contribution in [0.3, 0.4) is 0 Å². The van der Waals surface area contributed by atoms with E-state index in [1.54, 1.807) is 0 Å². The van der Waals surface area contributed by atoms with Gasteiger partial charge < -0.3 is 9.47 Å². The Morgan fingerprint density at radius 2 is 1.92 bits per heavy atom. The molecule has 0 aromatic heterocycles. The average Bonchev–Trinajstić information content (AvgIpc) is 2.11. The van der Waals surface area contributed by atoms with Gasteiger partial charge in [0.15, 0.2) is 9.84 Å². The number of rotatable bonds is 1. The molecule has 1 aliphatic heterocycles. The summed E-state index contributed by atoms with van der Waals surface area (Å²) in [7, 11) is -3.14. The molecule has 0 amide bonds. The molecule has 6 heteroatoms. The van der Waals surface area contributed by atoms with E-state index >= 15 is 0 Å². The van der Waals surface area contributed by atoms with Crippen LogP contribution in [0.15, 0.2) is 0 Å². The topological polar surface area (TPSA) is 52.6 Å². The third-order valence-electron chi connectivity index (χ3n) is 1.68. The molecule has 0 bridgehead atoms. The number of hydrogen-bond donors (Lipinski definition) is 0. The van der Waals surface area contributed by atoms with Crippen molar-refractivity contribution < 1.29 is 17.9 Å². The largest absolute Gasteiger partial charge is 0.354 e. The Kier molecular flexibility index (Phi) is 3.34. The van der Waals surface area contributed by atoms with Crippen LogP contribution in [0.5, 0.6) is 0 Å². The number of alkyl halides is 1. The van der Waals surface area contributed by atoms with Crippen molar-refractivity contribution in [3.05, 3.63) is 0 Å². The van der Waals surface area contributed by atoms with Gasteiger partial charge in [0, 0.05) is 6.26 Å². The number of sulfone groups is 1. The summed E-state index contributed by atoms with van der Waals surface area (Å²) in [6.45, 7) is 0.460. The van der Waals surface area contributed by atoms with E-state index < -0.39 is 20.5 Å². The summed E-state index contributed by atoms with van der Waals surface area (Å²) in [5, 5.41) is -1.16. The summed E-state index contributed by atoms with van der Waals surface area (Å²) >= 11 is 5.79. The van der Waals surface area contributed by atoms with Gasteiger partial charge in [-0.05, 0) is 0 Å². The molecule has 0 spiro atoms. The molecule has 0 aliphatic carbocycles. The van der Waals surface area contributed by atoms with Gasteiger partial charge in [0.25, 0.3) is 0 Å². The minimum Gasteiger partial charge on any atom is -0.354 e. The van der Waals surface area contributed by atoms with Crippen LogP contribution in [0, 0.1) is 0 Å². The standard InChI is InChI=1S/C6H11ClO4S/c1-12(8,9)6-3-11-4-10-2-5(6)7/h5-6H,2-4H2,1H3. The number of hydrogen-bond acceptors (Lipinski definition) is 4. The summed E-state index contributed by atoms with van der Waals surface area (Å²) in [6, 6.07) is 0. The van der Waals surface area contributed by atoms with E-state index in [9.17, 15) is 8.42 Å². The Bertz CT molecular complexity index is 238. The predicted octanol–water partition coefficient (Wildman–Crippen LogP) is 0.0113. The van der Waals surface area contributed by atoms with Gasteiger partial charge in [0.05, 0.1) is 18.6 Å². The fourth-order valence-electron chi connectivity index (χ4n) is 0.987. The maximum Gasteiger partial charge on any atom is 0.154 e. The van der Waals surface area contributed by atoms with Gasteiger partial charge in [-0.15, -0.1) is 11.6 Å². The van der Waals surface area contributed by atoms with Crippen molar-refractivity contribution >= 4 is 21.4 Å². The predicted molar refractivity (Wildman–Crippen MR) is 45.0 cm³/mol. The lowest BCUT2D eigenvalue weighted by atomic mass is 10.3. The monoisotopic (exact) mass is 214 g/mol. The van der Waals surface area contributed by atoms with Crippen molar-refractivity contribution in [2.75, 3.05) is 26.3 Å². The van der Waals surface area contributed by atoms with Crippen molar-refractivity contribution in [1.82, 2.24) is 0 Å². The molecular weight excluding hydrogens is 204 g/mol. The van der Waals surface area contributed by atoms with Gasteiger partial charge in [-0.3, -0.25) is 0 Å². The smallest absolute Gasteiger partial charge is 0.154 e. The van der Waals surface area contributed by atoms with Crippen LogP contribution in [-0.4, -0.2) is 45.3 Å². The second-order valence-electron chi connectivity index (χ2n) is 2.74. The average molecular weight is 215 g/mol. The van der Waals surface area contributed by atoms with E-state index in [-0.39, 0.29) is 20.0 Å². The summed E-state index contributed by atoms with van der Waals surface area (Å²) in [6.07, 6.45) is 1.15. The van der Waals surface area contributed by atoms with Crippen LogP contribution in [0.2, 0.25) is 0 Å². The molecule has 4 nitrogen and oxygen atoms in total. The number of halogens is 1. The van der Waals surface area contributed by atoms with Crippen LogP contribution < -0.4 is 0 Å². The fourth-order valence-corrected chi connectivity index (χ4v) is 2.67. The van der Waals surface area contributed by atoms with Gasteiger partial charge in [-0.2, -0.15) is 0 Å². The fraction of sp³-hybridized carbons (Fsp3) is 1.00. The molecule has 12 heavy (non-hydrogen) atoms. The van der Waals surface area contributed by atoms with Crippen LogP contribution >= 0.6 is 11.6 Å². The van der Waals surface area contributed by atoms with E-state index in [0.29, 0.717) is 0 Å². The molecule has 1 saturated heterocycles. The normalized spacial score (nSPS) is 32.8. The molecule has 0 aromatic rings. The molecule has 2 unspecified atom stereocenters. The molecule has 1 aliphatic rings. The molecule has 2 atom stereocenters. The zero-order chi connectivity index (χ0) is 9.19. The zero-order valence-electron chi connectivity index (χ0n) is 6.70. The second kappa shape index (κ2) is 3.91. The van der Waals surface area contributed by atoms with Gasteiger partial charge in [-0.25, -0.2) is 8.42 Å². The van der Waals surface area contributed by atoms with E-state index in [1.165, 1.54) is 0 Å². The quantitative estimate of drug-likeness (QED) is 0.577. The number of ether oxygens (including phenoxy) is 2. The highest BCUT2D eigenvalue weighted by Gasteiger charge is 2.31. The first kappa shape index (κ1) is 10.2. The summed E-state index contributed by atoms with van der Waals surface area (Å²) in [5.74, 6) is 0. The van der Waals surface area contributed by atoms with Crippen molar-refractivity contribution in [2.24, 2.45) is 0 Å². The Morgan fingerprint density at radius 1 is 1.33 bits per heavy atom. The van der Waals surface area contributed by atoms with Crippen molar-refractivity contribution in [3.8, 4) is 0 Å². The zero-order valence-corrected chi connectivity index (χ0v) is 8.27. The Hall–Kier alpha value is 0.160.